The summed E-state index contributed by atoms with van der Waals surface area (Å²) in [6.07, 6.45) is 1.48. The van der Waals surface area contributed by atoms with Crippen molar-refractivity contribution in [2.75, 3.05) is 0 Å². The lowest BCUT2D eigenvalue weighted by Crippen LogP contribution is -2.40. The lowest BCUT2D eigenvalue weighted by atomic mass is 10.1. The molecule has 1 aromatic heterocycles. The molecule has 1 N–H and O–H groups in total. The largest absolute Gasteiger partial charge is 0.347 e. The smallest absolute Gasteiger partial charge is 0.253 e. The van der Waals surface area contributed by atoms with E-state index in [4.69, 9.17) is 0 Å². The van der Waals surface area contributed by atoms with Crippen LogP contribution in [0, 0.1) is 17.7 Å². The Kier molecular flexibility index (Phi) is 4.57. The van der Waals surface area contributed by atoms with E-state index in [2.05, 4.69) is 22.1 Å². The Morgan fingerprint density at radius 1 is 1.18 bits per heavy atom. The summed E-state index contributed by atoms with van der Waals surface area (Å²) in [5, 5.41) is 2.86. The molecular formula is C18H17FN2O. The van der Waals surface area contributed by atoms with Gasteiger partial charge in [0.2, 0.25) is 0 Å². The van der Waals surface area contributed by atoms with Crippen LogP contribution in [0.15, 0.2) is 42.6 Å². The normalized spacial score (nSPS) is 10.5. The van der Waals surface area contributed by atoms with Gasteiger partial charge in [-0.25, -0.2) is 9.37 Å². The van der Waals surface area contributed by atoms with Crippen LogP contribution in [0.3, 0.4) is 0 Å². The van der Waals surface area contributed by atoms with Crippen LogP contribution in [0.2, 0.25) is 0 Å². The minimum atomic E-state index is -0.325. The maximum absolute atomic E-state index is 13.0. The number of pyridine rings is 1. The summed E-state index contributed by atoms with van der Waals surface area (Å²) in [4.78, 5) is 16.1. The molecule has 1 aromatic carbocycles. The molecule has 0 bridgehead atoms. The summed E-state index contributed by atoms with van der Waals surface area (Å²) in [7, 11) is 0. The second kappa shape index (κ2) is 6.40. The standard InChI is InChI=1S/C18H17FN2O/c1-18(2,3)21-17(22)14-8-10-16(20-12-14)9-7-13-5-4-6-15(19)11-13/h4-6,8,10-12H,1-3H3,(H,21,22). The van der Waals surface area contributed by atoms with Gasteiger partial charge in [-0.05, 0) is 57.0 Å². The molecule has 0 atom stereocenters. The summed E-state index contributed by atoms with van der Waals surface area (Å²) in [5.74, 6) is 5.18. The first-order valence-electron chi connectivity index (χ1n) is 6.90. The molecule has 2 aromatic rings. The SMILES string of the molecule is CC(C)(C)NC(=O)c1ccc(C#Cc2cccc(F)c2)nc1. The van der Waals surface area contributed by atoms with Gasteiger partial charge < -0.3 is 5.32 Å². The molecule has 0 aliphatic carbocycles. The maximum Gasteiger partial charge on any atom is 0.253 e. The zero-order valence-corrected chi connectivity index (χ0v) is 12.8. The Bertz CT molecular complexity index is 734. The number of amides is 1. The van der Waals surface area contributed by atoms with E-state index in [0.717, 1.165) is 0 Å². The van der Waals surface area contributed by atoms with Crippen molar-refractivity contribution in [3.05, 3.63) is 65.2 Å². The molecule has 0 spiro atoms. The van der Waals surface area contributed by atoms with Crippen LogP contribution in [0.25, 0.3) is 0 Å². The van der Waals surface area contributed by atoms with Gasteiger partial charge in [0, 0.05) is 17.3 Å². The Labute approximate surface area is 129 Å². The zero-order chi connectivity index (χ0) is 16.2. The fourth-order valence-electron chi connectivity index (χ4n) is 1.72. The van der Waals surface area contributed by atoms with E-state index in [-0.39, 0.29) is 17.3 Å². The topological polar surface area (TPSA) is 42.0 Å². The van der Waals surface area contributed by atoms with Crippen molar-refractivity contribution in [1.29, 1.82) is 0 Å². The summed E-state index contributed by atoms with van der Waals surface area (Å²) < 4.78 is 13.0. The highest BCUT2D eigenvalue weighted by molar-refractivity contribution is 5.94. The highest BCUT2D eigenvalue weighted by Gasteiger charge is 2.15. The van der Waals surface area contributed by atoms with Gasteiger partial charge in [-0.15, -0.1) is 0 Å². The molecule has 22 heavy (non-hydrogen) atoms. The zero-order valence-electron chi connectivity index (χ0n) is 12.8. The maximum atomic E-state index is 13.0. The van der Waals surface area contributed by atoms with Gasteiger partial charge >= 0.3 is 0 Å². The number of benzene rings is 1. The van der Waals surface area contributed by atoms with E-state index >= 15 is 0 Å². The van der Waals surface area contributed by atoms with Crippen LogP contribution in [0.4, 0.5) is 4.39 Å². The predicted molar refractivity (Wildman–Crippen MR) is 83.8 cm³/mol. The second-order valence-electron chi connectivity index (χ2n) is 5.90. The molecule has 0 saturated carbocycles. The quantitative estimate of drug-likeness (QED) is 0.821. The van der Waals surface area contributed by atoms with Gasteiger partial charge in [-0.3, -0.25) is 4.79 Å². The molecule has 4 heteroatoms. The third-order valence-electron chi connectivity index (χ3n) is 2.67. The number of nitrogens with one attached hydrogen (secondary N) is 1. The molecule has 112 valence electrons. The van der Waals surface area contributed by atoms with E-state index in [1.807, 2.05) is 20.8 Å². The molecule has 1 amide bonds. The third-order valence-corrected chi connectivity index (χ3v) is 2.67. The van der Waals surface area contributed by atoms with Gasteiger partial charge in [-0.1, -0.05) is 12.0 Å². The van der Waals surface area contributed by atoms with Gasteiger partial charge in [0.25, 0.3) is 5.91 Å². The van der Waals surface area contributed by atoms with Crippen molar-refractivity contribution in [1.82, 2.24) is 10.3 Å². The van der Waals surface area contributed by atoms with E-state index < -0.39 is 0 Å². The number of hydrogen-bond acceptors (Lipinski definition) is 2. The Morgan fingerprint density at radius 2 is 1.95 bits per heavy atom. The van der Waals surface area contributed by atoms with Crippen molar-refractivity contribution in [3.8, 4) is 11.8 Å². The molecular weight excluding hydrogens is 279 g/mol. The van der Waals surface area contributed by atoms with Crippen molar-refractivity contribution >= 4 is 5.91 Å². The number of nitrogens with zero attached hydrogens (tertiary/aromatic N) is 1. The lowest BCUT2D eigenvalue weighted by Gasteiger charge is -2.20. The Hall–Kier alpha value is -2.67. The van der Waals surface area contributed by atoms with Crippen molar-refractivity contribution in [2.45, 2.75) is 26.3 Å². The molecule has 0 aliphatic rings. The summed E-state index contributed by atoms with van der Waals surface area (Å²) in [6.45, 7) is 5.74. The molecule has 0 unspecified atom stereocenters. The van der Waals surface area contributed by atoms with Gasteiger partial charge in [0.15, 0.2) is 0 Å². The van der Waals surface area contributed by atoms with Crippen molar-refractivity contribution in [3.63, 3.8) is 0 Å². The molecule has 0 saturated heterocycles. The predicted octanol–water partition coefficient (Wildman–Crippen LogP) is 3.15. The van der Waals surface area contributed by atoms with Crippen LogP contribution >= 0.6 is 0 Å². The fourth-order valence-corrected chi connectivity index (χ4v) is 1.72. The number of rotatable bonds is 1. The van der Waals surface area contributed by atoms with Crippen LogP contribution in [-0.2, 0) is 0 Å². The number of aromatic nitrogens is 1. The fraction of sp³-hybridized carbons (Fsp3) is 0.222. The van der Waals surface area contributed by atoms with Crippen LogP contribution < -0.4 is 5.32 Å². The Morgan fingerprint density at radius 3 is 2.55 bits per heavy atom. The lowest BCUT2D eigenvalue weighted by molar-refractivity contribution is 0.0919. The van der Waals surface area contributed by atoms with Crippen molar-refractivity contribution < 1.29 is 9.18 Å². The van der Waals surface area contributed by atoms with Gasteiger partial charge in [-0.2, -0.15) is 0 Å². The van der Waals surface area contributed by atoms with E-state index in [1.165, 1.54) is 18.3 Å². The third kappa shape index (κ3) is 4.71. The molecule has 1 heterocycles. The number of halogens is 1. The van der Waals surface area contributed by atoms with Gasteiger partial charge in [0.1, 0.15) is 11.5 Å². The first-order chi connectivity index (χ1) is 10.3. The van der Waals surface area contributed by atoms with Crippen LogP contribution in [0.5, 0.6) is 0 Å². The van der Waals surface area contributed by atoms with Crippen LogP contribution in [-0.4, -0.2) is 16.4 Å². The number of carbonyl (C=O) groups excluding carboxylic acids is 1. The minimum Gasteiger partial charge on any atom is -0.347 e. The first kappa shape index (κ1) is 15.7. The van der Waals surface area contributed by atoms with E-state index in [9.17, 15) is 9.18 Å². The minimum absolute atomic E-state index is 0.176. The summed E-state index contributed by atoms with van der Waals surface area (Å²) in [5.41, 5.74) is 1.28. The van der Waals surface area contributed by atoms with Gasteiger partial charge in [0.05, 0.1) is 5.56 Å². The van der Waals surface area contributed by atoms with Crippen molar-refractivity contribution in [2.24, 2.45) is 0 Å². The highest BCUT2D eigenvalue weighted by atomic mass is 19.1. The first-order valence-corrected chi connectivity index (χ1v) is 6.90. The monoisotopic (exact) mass is 296 g/mol. The summed E-state index contributed by atoms with van der Waals surface area (Å²) in [6, 6.07) is 9.39. The molecule has 0 fully saturated rings. The molecule has 3 nitrogen and oxygen atoms in total. The highest BCUT2D eigenvalue weighted by Crippen LogP contribution is 2.05. The average molecular weight is 296 g/mol. The molecule has 2 rings (SSSR count). The van der Waals surface area contributed by atoms with E-state index in [1.54, 1.807) is 24.3 Å². The van der Waals surface area contributed by atoms with E-state index in [0.29, 0.717) is 16.8 Å². The number of carbonyl (C=O) groups is 1. The number of hydrogen-bond donors (Lipinski definition) is 1. The second-order valence-corrected chi connectivity index (χ2v) is 5.90. The molecule has 0 radical (unpaired) electrons. The van der Waals surface area contributed by atoms with Crippen LogP contribution in [0.1, 0.15) is 42.4 Å². The summed E-state index contributed by atoms with van der Waals surface area (Å²) >= 11 is 0. The Balaban J connectivity index is 2.12. The average Bonchev–Trinajstić information content (AvgIpc) is 2.44. The molecule has 0 aliphatic heterocycles.